The third-order valence-electron chi connectivity index (χ3n) is 5.10. The van der Waals surface area contributed by atoms with Crippen molar-refractivity contribution < 1.29 is 23.9 Å². The first kappa shape index (κ1) is 28.5. The minimum absolute atomic E-state index is 0.318. The molecule has 3 rings (SSSR count). The van der Waals surface area contributed by atoms with E-state index >= 15 is 0 Å². The van der Waals surface area contributed by atoms with E-state index in [0.29, 0.717) is 46.2 Å². The summed E-state index contributed by atoms with van der Waals surface area (Å²) in [5.41, 5.74) is 3.43. The number of carbonyl (C=O) groups is 1. The van der Waals surface area contributed by atoms with E-state index in [-0.39, 0.29) is 0 Å². The monoisotopic (exact) mass is 509 g/mol. The van der Waals surface area contributed by atoms with Crippen molar-refractivity contribution in [2.45, 2.75) is 47.0 Å². The van der Waals surface area contributed by atoms with Crippen LogP contribution in [0.15, 0.2) is 58.6 Å². The van der Waals surface area contributed by atoms with Gasteiger partial charge in [-0.3, -0.25) is 0 Å². The lowest BCUT2D eigenvalue weighted by atomic mass is 9.97. The van der Waals surface area contributed by atoms with Gasteiger partial charge in [0.2, 0.25) is 0 Å². The number of fused-ring (bicyclic) bond motifs is 1. The molecule has 0 fully saturated rings. The Labute approximate surface area is 217 Å². The average Bonchev–Trinajstić information content (AvgIpc) is 3.28. The largest absolute Gasteiger partial charge is 0.490 e. The van der Waals surface area contributed by atoms with Crippen LogP contribution in [0.2, 0.25) is 5.02 Å². The number of carboxylic acids is 1. The molecule has 190 valence electrons. The van der Waals surface area contributed by atoms with Crippen molar-refractivity contribution in [1.29, 1.82) is 0 Å². The number of aromatic nitrogens is 1. The molecule has 1 N–H and O–H groups in total. The second kappa shape index (κ2) is 14.7. The zero-order chi connectivity index (χ0) is 26.5. The quantitative estimate of drug-likeness (QED) is 0.213. The molecule has 0 aliphatic heterocycles. The van der Waals surface area contributed by atoms with Crippen LogP contribution in [-0.2, 0) is 4.79 Å². The Morgan fingerprint density at radius 2 is 1.94 bits per heavy atom. The molecule has 1 aromatic heterocycles. The molecule has 0 aliphatic carbocycles. The molecule has 3 aromatic rings. The highest BCUT2D eigenvalue weighted by molar-refractivity contribution is 6.30. The molecule has 6 nitrogen and oxygen atoms in total. The fourth-order valence-corrected chi connectivity index (χ4v) is 3.48. The number of halogens is 1. The van der Waals surface area contributed by atoms with Crippen LogP contribution in [0.25, 0.3) is 16.5 Å². The number of nitrogens with zero attached hydrogens (tertiary/aromatic N) is 1. The number of hydrogen-bond donors (Lipinski definition) is 1. The van der Waals surface area contributed by atoms with Crippen molar-refractivity contribution in [2.24, 2.45) is 0 Å². The van der Waals surface area contributed by atoms with Gasteiger partial charge in [0.25, 0.3) is 0 Å². The first-order valence-corrected chi connectivity index (χ1v) is 12.3. The van der Waals surface area contributed by atoms with Gasteiger partial charge in [0.1, 0.15) is 23.8 Å². The van der Waals surface area contributed by atoms with Crippen LogP contribution in [0.3, 0.4) is 0 Å². The fourth-order valence-electron chi connectivity index (χ4n) is 3.36. The highest BCUT2D eigenvalue weighted by atomic mass is 35.5. The molecule has 36 heavy (non-hydrogen) atoms. The molecule has 0 unspecified atom stereocenters. The summed E-state index contributed by atoms with van der Waals surface area (Å²) in [6.45, 7) is 7.80. The summed E-state index contributed by atoms with van der Waals surface area (Å²) in [5.74, 6) is 2.90. The number of hydrogen-bond acceptors (Lipinski definition) is 5. The predicted molar refractivity (Wildman–Crippen MR) is 145 cm³/mol. The maximum atomic E-state index is 11.0. The molecule has 0 saturated carbocycles. The van der Waals surface area contributed by atoms with Crippen molar-refractivity contribution in [3.63, 3.8) is 0 Å². The Kier molecular flexibility index (Phi) is 11.6. The van der Waals surface area contributed by atoms with E-state index < -0.39 is 12.6 Å². The average molecular weight is 510 g/mol. The van der Waals surface area contributed by atoms with E-state index in [4.69, 9.17) is 37.1 Å². The van der Waals surface area contributed by atoms with Crippen molar-refractivity contribution in [3.05, 3.63) is 70.4 Å². The number of benzene rings is 2. The topological polar surface area (TPSA) is 81.8 Å². The molecule has 0 spiro atoms. The van der Waals surface area contributed by atoms with Crippen molar-refractivity contribution in [3.8, 4) is 23.8 Å². The summed E-state index contributed by atoms with van der Waals surface area (Å²) in [5, 5.41) is 14.6. The molecule has 0 aliphatic rings. The SMILES string of the molecule is C#C/C(CCCC)=C(\C=C/COc1ccc(Cl)cc1)c1noc2cc(C)c(OCC(=O)O)cc12.CC. The van der Waals surface area contributed by atoms with Crippen molar-refractivity contribution in [2.75, 3.05) is 13.2 Å². The molecular formula is C29H32ClNO5. The number of aliphatic carboxylic acids is 1. The lowest BCUT2D eigenvalue weighted by molar-refractivity contribution is -0.139. The number of unbranched alkanes of at least 4 members (excludes halogenated alkanes) is 1. The van der Waals surface area contributed by atoms with E-state index in [1.165, 1.54) is 0 Å². The molecule has 7 heteroatoms. The van der Waals surface area contributed by atoms with Crippen LogP contribution in [0.5, 0.6) is 11.5 Å². The highest BCUT2D eigenvalue weighted by Gasteiger charge is 2.17. The van der Waals surface area contributed by atoms with Gasteiger partial charge < -0.3 is 19.1 Å². The van der Waals surface area contributed by atoms with Gasteiger partial charge >= 0.3 is 5.97 Å². The Balaban J connectivity index is 0.00000222. The van der Waals surface area contributed by atoms with Crippen LogP contribution in [0.1, 0.15) is 51.3 Å². The number of ether oxygens (including phenoxy) is 2. The molecule has 0 bridgehead atoms. The van der Waals surface area contributed by atoms with Crippen LogP contribution in [0, 0.1) is 19.3 Å². The smallest absolute Gasteiger partial charge is 0.341 e. The number of carboxylic acid groups (broad SMARTS) is 1. The Morgan fingerprint density at radius 3 is 2.58 bits per heavy atom. The zero-order valence-electron chi connectivity index (χ0n) is 21.1. The Hall–Kier alpha value is -3.69. The summed E-state index contributed by atoms with van der Waals surface area (Å²) in [4.78, 5) is 11.0. The number of terminal acetylenes is 1. The van der Waals surface area contributed by atoms with Crippen LogP contribution >= 0.6 is 11.6 Å². The zero-order valence-corrected chi connectivity index (χ0v) is 21.9. The third kappa shape index (κ3) is 7.93. The first-order chi connectivity index (χ1) is 17.4. The molecule has 0 radical (unpaired) electrons. The molecular weight excluding hydrogens is 478 g/mol. The Bertz CT molecular complexity index is 1250. The van der Waals surface area contributed by atoms with Crippen LogP contribution in [-0.4, -0.2) is 29.4 Å². The number of rotatable bonds is 11. The summed E-state index contributed by atoms with van der Waals surface area (Å²) in [7, 11) is 0. The molecule has 2 aromatic carbocycles. The van der Waals surface area contributed by atoms with Crippen LogP contribution in [0.4, 0.5) is 0 Å². The number of aryl methyl sites for hydroxylation is 1. The van der Waals surface area contributed by atoms with Crippen molar-refractivity contribution in [1.82, 2.24) is 5.16 Å². The van der Waals surface area contributed by atoms with Gasteiger partial charge in [0.15, 0.2) is 12.2 Å². The van der Waals surface area contributed by atoms with E-state index in [2.05, 4.69) is 18.0 Å². The lowest BCUT2D eigenvalue weighted by Gasteiger charge is -2.09. The molecule has 1 heterocycles. The van der Waals surface area contributed by atoms with Gasteiger partial charge in [-0.25, -0.2) is 4.79 Å². The summed E-state index contributed by atoms with van der Waals surface area (Å²) < 4.78 is 16.8. The van der Waals surface area contributed by atoms with E-state index in [0.717, 1.165) is 29.6 Å². The number of allylic oxidation sites excluding steroid dienone is 3. The highest BCUT2D eigenvalue weighted by Crippen LogP contribution is 2.33. The van der Waals surface area contributed by atoms with Crippen molar-refractivity contribution >= 4 is 34.1 Å². The van der Waals surface area contributed by atoms with E-state index in [9.17, 15) is 4.79 Å². The maximum absolute atomic E-state index is 11.0. The fraction of sp³-hybridized carbons (Fsp3) is 0.310. The van der Waals surface area contributed by atoms with Gasteiger partial charge in [0.05, 0.1) is 5.39 Å². The molecule has 0 amide bonds. The standard InChI is InChI=1S/C27H26ClNO5.C2H6/c1-4-6-8-19(5-2)22(9-7-14-32-21-12-10-20(28)11-13-21)27-23-16-24(33-17-26(30)31)18(3)15-25(23)34-29-27;1-2/h2,7,9-13,15-16H,4,6,8,14,17H2,1,3H3,(H,30,31);1-2H3/b9-7-,22-19-;. The van der Waals surface area contributed by atoms with Gasteiger partial charge in [-0.05, 0) is 67.8 Å². The van der Waals surface area contributed by atoms with Crippen LogP contribution < -0.4 is 9.47 Å². The molecule has 0 atom stereocenters. The van der Waals surface area contributed by atoms with Gasteiger partial charge in [-0.1, -0.05) is 55.9 Å². The maximum Gasteiger partial charge on any atom is 0.341 e. The normalized spacial score (nSPS) is 11.4. The summed E-state index contributed by atoms with van der Waals surface area (Å²) >= 11 is 5.92. The molecule has 0 saturated heterocycles. The van der Waals surface area contributed by atoms with Gasteiger partial charge in [0, 0.05) is 16.2 Å². The summed E-state index contributed by atoms with van der Waals surface area (Å²) in [6.07, 6.45) is 12.3. The Morgan fingerprint density at radius 1 is 1.22 bits per heavy atom. The van der Waals surface area contributed by atoms with E-state index in [1.807, 2.05) is 32.9 Å². The van der Waals surface area contributed by atoms with E-state index in [1.54, 1.807) is 36.4 Å². The predicted octanol–water partition coefficient (Wildman–Crippen LogP) is 7.49. The lowest BCUT2D eigenvalue weighted by Crippen LogP contribution is -2.10. The third-order valence-corrected chi connectivity index (χ3v) is 5.35. The van der Waals surface area contributed by atoms with Gasteiger partial charge in [-0.15, -0.1) is 6.42 Å². The second-order valence-electron chi connectivity index (χ2n) is 7.63. The summed E-state index contributed by atoms with van der Waals surface area (Å²) in [6, 6.07) is 10.6. The second-order valence-corrected chi connectivity index (χ2v) is 8.07. The minimum Gasteiger partial charge on any atom is -0.490 e. The van der Waals surface area contributed by atoms with Gasteiger partial charge in [-0.2, -0.15) is 0 Å². The minimum atomic E-state index is -1.05. The first-order valence-electron chi connectivity index (χ1n) is 11.9.